The van der Waals surface area contributed by atoms with Gasteiger partial charge in [0, 0.05) is 29.6 Å². The van der Waals surface area contributed by atoms with Gasteiger partial charge in [-0.25, -0.2) is 9.37 Å². The quantitative estimate of drug-likeness (QED) is 0.281. The predicted molar refractivity (Wildman–Crippen MR) is 124 cm³/mol. The molecule has 3 aromatic carbocycles. The molecule has 0 aliphatic rings. The number of hydrogen-bond acceptors (Lipinski definition) is 3. The predicted octanol–water partition coefficient (Wildman–Crippen LogP) is 6.80. The minimum Gasteiger partial charge on any atom is -0.441 e. The van der Waals surface area contributed by atoms with E-state index in [1.807, 2.05) is 6.92 Å². The van der Waals surface area contributed by atoms with Gasteiger partial charge in [0.1, 0.15) is 17.0 Å². The van der Waals surface area contributed by atoms with Gasteiger partial charge >= 0.3 is 6.18 Å². The second-order valence-corrected chi connectivity index (χ2v) is 8.11. The van der Waals surface area contributed by atoms with E-state index in [-0.39, 0.29) is 17.6 Å². The lowest BCUT2D eigenvalue weighted by atomic mass is 10.1. The molecule has 9 heteroatoms. The van der Waals surface area contributed by atoms with E-state index in [9.17, 15) is 22.4 Å². The highest BCUT2D eigenvalue weighted by Gasteiger charge is 2.31. The van der Waals surface area contributed by atoms with Crippen LogP contribution >= 0.6 is 0 Å². The Morgan fingerprint density at radius 3 is 2.63 bits per heavy atom. The number of hydrogen-bond donors (Lipinski definition) is 1. The zero-order chi connectivity index (χ0) is 24.7. The molecular formula is C26H19F4N3O2. The second kappa shape index (κ2) is 8.57. The molecule has 0 aliphatic heterocycles. The Morgan fingerprint density at radius 2 is 1.89 bits per heavy atom. The van der Waals surface area contributed by atoms with Crippen LogP contribution in [0.15, 0.2) is 71.1 Å². The van der Waals surface area contributed by atoms with Gasteiger partial charge in [0.05, 0.1) is 5.56 Å². The maximum atomic E-state index is 13.8. The summed E-state index contributed by atoms with van der Waals surface area (Å²) in [5.74, 6) is -0.402. The molecule has 5 aromatic rings. The van der Waals surface area contributed by atoms with Crippen molar-refractivity contribution in [3.63, 3.8) is 0 Å². The van der Waals surface area contributed by atoms with Crippen LogP contribution in [0.1, 0.15) is 34.4 Å². The molecule has 5 nitrogen and oxygen atoms in total. The van der Waals surface area contributed by atoms with E-state index in [4.69, 9.17) is 4.42 Å². The average molecular weight is 481 g/mol. The van der Waals surface area contributed by atoms with Gasteiger partial charge in [-0.1, -0.05) is 19.1 Å². The molecule has 178 valence electrons. The summed E-state index contributed by atoms with van der Waals surface area (Å²) in [4.78, 5) is 17.6. The molecule has 0 radical (unpaired) electrons. The number of fused-ring (bicyclic) bond motifs is 2. The Bertz CT molecular complexity index is 1570. The van der Waals surface area contributed by atoms with Crippen molar-refractivity contribution in [1.82, 2.24) is 9.55 Å². The number of carbonyl (C=O) groups is 1. The number of aryl methyl sites for hydroxylation is 1. The highest BCUT2D eigenvalue weighted by atomic mass is 19.4. The molecule has 0 saturated heterocycles. The fraction of sp³-hybridized carbons (Fsp3) is 0.154. The fourth-order valence-electron chi connectivity index (χ4n) is 4.02. The highest BCUT2D eigenvalue weighted by Crippen LogP contribution is 2.33. The monoisotopic (exact) mass is 481 g/mol. The second-order valence-electron chi connectivity index (χ2n) is 8.11. The molecule has 0 aliphatic carbocycles. The molecule has 1 N–H and O–H groups in total. The van der Waals surface area contributed by atoms with Crippen LogP contribution in [0.2, 0.25) is 0 Å². The number of carbonyl (C=O) groups excluding carboxylic acids is 1. The number of amides is 1. The van der Waals surface area contributed by atoms with Gasteiger partial charge in [-0.15, -0.1) is 0 Å². The molecule has 0 saturated carbocycles. The van der Waals surface area contributed by atoms with Gasteiger partial charge in [-0.05, 0) is 60.2 Å². The molecule has 5 rings (SSSR count). The maximum absolute atomic E-state index is 13.8. The normalized spacial score (nSPS) is 11.9. The molecule has 0 spiro atoms. The zero-order valence-corrected chi connectivity index (χ0v) is 18.5. The van der Waals surface area contributed by atoms with E-state index in [2.05, 4.69) is 10.3 Å². The molecule has 0 fully saturated rings. The number of oxazole rings is 1. The number of halogens is 4. The Hall–Kier alpha value is -4.14. The SMILES string of the molecule is CCc1nc2cc(NC(=O)c3cc4cc(C(F)(F)F)ccc4n3Cc3cccc(F)c3)ccc2o1. The van der Waals surface area contributed by atoms with Crippen LogP contribution in [0.4, 0.5) is 23.2 Å². The van der Waals surface area contributed by atoms with Gasteiger partial charge < -0.3 is 14.3 Å². The first-order valence-corrected chi connectivity index (χ1v) is 10.9. The molecular weight excluding hydrogens is 462 g/mol. The number of aromatic nitrogens is 2. The Morgan fingerprint density at radius 1 is 1.06 bits per heavy atom. The maximum Gasteiger partial charge on any atom is 0.416 e. The Kier molecular flexibility index (Phi) is 5.55. The van der Waals surface area contributed by atoms with Crippen molar-refractivity contribution in [3.8, 4) is 0 Å². The van der Waals surface area contributed by atoms with Crippen molar-refractivity contribution in [1.29, 1.82) is 0 Å². The van der Waals surface area contributed by atoms with E-state index in [0.717, 1.165) is 12.1 Å². The number of nitrogens with one attached hydrogen (secondary N) is 1. The lowest BCUT2D eigenvalue weighted by molar-refractivity contribution is -0.137. The van der Waals surface area contributed by atoms with Crippen molar-refractivity contribution in [2.75, 3.05) is 5.32 Å². The van der Waals surface area contributed by atoms with E-state index in [1.54, 1.807) is 28.8 Å². The minimum atomic E-state index is -4.52. The van der Waals surface area contributed by atoms with E-state index in [0.29, 0.717) is 40.2 Å². The fourth-order valence-corrected chi connectivity index (χ4v) is 4.02. The number of rotatable bonds is 5. The van der Waals surface area contributed by atoms with E-state index < -0.39 is 23.5 Å². The standard InChI is InChI=1S/C26H19F4N3O2/c1-2-24-32-20-13-19(7-9-23(20)35-24)31-25(34)22-12-16-11-17(26(28,29)30)6-8-21(16)33(22)14-15-4-3-5-18(27)10-15/h3-13H,2,14H2,1H3,(H,31,34). The molecule has 0 unspecified atom stereocenters. The van der Waals surface area contributed by atoms with Crippen LogP contribution in [-0.4, -0.2) is 15.5 Å². The molecule has 0 bridgehead atoms. The Balaban J connectivity index is 1.55. The van der Waals surface area contributed by atoms with Crippen molar-refractivity contribution >= 4 is 33.6 Å². The molecule has 35 heavy (non-hydrogen) atoms. The molecule has 2 aromatic heterocycles. The number of nitrogens with zero attached hydrogens (tertiary/aromatic N) is 2. The summed E-state index contributed by atoms with van der Waals surface area (Å²) in [5, 5.41) is 3.03. The van der Waals surface area contributed by atoms with Crippen LogP contribution in [-0.2, 0) is 19.1 Å². The summed E-state index contributed by atoms with van der Waals surface area (Å²) in [7, 11) is 0. The van der Waals surface area contributed by atoms with Crippen LogP contribution < -0.4 is 5.32 Å². The van der Waals surface area contributed by atoms with Gasteiger partial charge in [-0.3, -0.25) is 4.79 Å². The topological polar surface area (TPSA) is 60.1 Å². The van der Waals surface area contributed by atoms with Crippen LogP contribution in [0.5, 0.6) is 0 Å². The van der Waals surface area contributed by atoms with Crippen LogP contribution in [0, 0.1) is 5.82 Å². The van der Waals surface area contributed by atoms with E-state index >= 15 is 0 Å². The van der Waals surface area contributed by atoms with Crippen LogP contribution in [0.25, 0.3) is 22.0 Å². The van der Waals surface area contributed by atoms with Gasteiger partial charge in [0.2, 0.25) is 0 Å². The largest absolute Gasteiger partial charge is 0.441 e. The van der Waals surface area contributed by atoms with Crippen molar-refractivity contribution in [2.45, 2.75) is 26.1 Å². The molecule has 0 atom stereocenters. The third-order valence-electron chi connectivity index (χ3n) is 5.68. The summed E-state index contributed by atoms with van der Waals surface area (Å²) < 4.78 is 60.7. The smallest absolute Gasteiger partial charge is 0.416 e. The first-order valence-electron chi connectivity index (χ1n) is 10.9. The lowest BCUT2D eigenvalue weighted by Gasteiger charge is -2.12. The third kappa shape index (κ3) is 4.49. The number of anilines is 1. The van der Waals surface area contributed by atoms with Gasteiger partial charge in [0.15, 0.2) is 11.5 Å². The number of benzene rings is 3. The number of alkyl halides is 3. The van der Waals surface area contributed by atoms with Crippen molar-refractivity contribution in [3.05, 3.63) is 95.3 Å². The van der Waals surface area contributed by atoms with Gasteiger partial charge in [0.25, 0.3) is 5.91 Å². The minimum absolute atomic E-state index is 0.0948. The summed E-state index contributed by atoms with van der Waals surface area (Å²) >= 11 is 0. The first-order chi connectivity index (χ1) is 16.7. The summed E-state index contributed by atoms with van der Waals surface area (Å²) in [6.07, 6.45) is -3.90. The van der Waals surface area contributed by atoms with E-state index in [1.165, 1.54) is 30.3 Å². The summed E-state index contributed by atoms with van der Waals surface area (Å²) in [6.45, 7) is 2.01. The average Bonchev–Trinajstić information content (AvgIpc) is 3.39. The highest BCUT2D eigenvalue weighted by molar-refractivity contribution is 6.07. The van der Waals surface area contributed by atoms with Crippen LogP contribution in [0.3, 0.4) is 0 Å². The van der Waals surface area contributed by atoms with Crippen molar-refractivity contribution < 1.29 is 26.8 Å². The van der Waals surface area contributed by atoms with Crippen molar-refractivity contribution in [2.24, 2.45) is 0 Å². The lowest BCUT2D eigenvalue weighted by Crippen LogP contribution is -2.17. The molecule has 2 heterocycles. The third-order valence-corrected chi connectivity index (χ3v) is 5.68. The summed E-state index contributed by atoms with van der Waals surface area (Å²) in [6, 6.07) is 15.5. The first kappa shape index (κ1) is 22.6. The van der Waals surface area contributed by atoms with Gasteiger partial charge in [-0.2, -0.15) is 13.2 Å². The zero-order valence-electron chi connectivity index (χ0n) is 18.5. The summed E-state index contributed by atoms with van der Waals surface area (Å²) in [5.41, 5.74) is 1.92. The molecule has 1 amide bonds. The Labute approximate surface area is 197 Å².